The van der Waals surface area contributed by atoms with Gasteiger partial charge in [0.15, 0.2) is 0 Å². The molecule has 128 valence electrons. The van der Waals surface area contributed by atoms with Gasteiger partial charge in [0.1, 0.15) is 5.82 Å². The SMILES string of the molecule is CCN(C[C@@H]1CCN(C(=O)c2cccc(F)c2)C1)CC(F)(F)F. The van der Waals surface area contributed by atoms with Crippen LogP contribution in [0.2, 0.25) is 0 Å². The highest BCUT2D eigenvalue weighted by molar-refractivity contribution is 5.94. The Morgan fingerprint density at radius 1 is 1.39 bits per heavy atom. The smallest absolute Gasteiger partial charge is 0.338 e. The zero-order chi connectivity index (χ0) is 17.0. The molecule has 1 aliphatic rings. The van der Waals surface area contributed by atoms with E-state index in [2.05, 4.69) is 0 Å². The Morgan fingerprint density at radius 2 is 2.13 bits per heavy atom. The van der Waals surface area contributed by atoms with Crippen molar-refractivity contribution in [2.75, 3.05) is 32.7 Å². The van der Waals surface area contributed by atoms with E-state index < -0.39 is 18.5 Å². The van der Waals surface area contributed by atoms with Crippen molar-refractivity contribution in [3.8, 4) is 0 Å². The lowest BCUT2D eigenvalue weighted by atomic mass is 10.1. The van der Waals surface area contributed by atoms with Crippen LogP contribution < -0.4 is 0 Å². The van der Waals surface area contributed by atoms with E-state index in [9.17, 15) is 22.4 Å². The van der Waals surface area contributed by atoms with E-state index in [4.69, 9.17) is 0 Å². The maximum absolute atomic E-state index is 13.2. The first kappa shape index (κ1) is 17.7. The molecular formula is C16H20F4N2O. The molecule has 0 unspecified atom stereocenters. The fraction of sp³-hybridized carbons (Fsp3) is 0.562. The van der Waals surface area contributed by atoms with Crippen molar-refractivity contribution in [3.05, 3.63) is 35.6 Å². The van der Waals surface area contributed by atoms with E-state index >= 15 is 0 Å². The highest BCUT2D eigenvalue weighted by Crippen LogP contribution is 2.22. The minimum Gasteiger partial charge on any atom is -0.338 e. The molecule has 1 heterocycles. The summed E-state index contributed by atoms with van der Waals surface area (Å²) in [6.45, 7) is 2.28. The van der Waals surface area contributed by atoms with Crippen LogP contribution >= 0.6 is 0 Å². The predicted molar refractivity (Wildman–Crippen MR) is 78.6 cm³/mol. The average Bonchev–Trinajstić information content (AvgIpc) is 2.92. The monoisotopic (exact) mass is 332 g/mol. The van der Waals surface area contributed by atoms with Gasteiger partial charge in [0, 0.05) is 25.2 Å². The van der Waals surface area contributed by atoms with E-state index in [0.717, 1.165) is 0 Å². The van der Waals surface area contributed by atoms with Crippen molar-refractivity contribution < 1.29 is 22.4 Å². The van der Waals surface area contributed by atoms with Crippen molar-refractivity contribution in [1.82, 2.24) is 9.80 Å². The molecule has 1 atom stereocenters. The summed E-state index contributed by atoms with van der Waals surface area (Å²) in [7, 11) is 0. The van der Waals surface area contributed by atoms with Gasteiger partial charge in [-0.15, -0.1) is 0 Å². The van der Waals surface area contributed by atoms with Gasteiger partial charge in [0.05, 0.1) is 6.54 Å². The Kier molecular flexibility index (Phi) is 5.62. The van der Waals surface area contributed by atoms with E-state index in [1.807, 2.05) is 0 Å². The molecule has 1 amide bonds. The number of hydrogen-bond acceptors (Lipinski definition) is 2. The number of carbonyl (C=O) groups excluding carboxylic acids is 1. The van der Waals surface area contributed by atoms with Gasteiger partial charge in [-0.05, 0) is 37.1 Å². The predicted octanol–water partition coefficient (Wildman–Crippen LogP) is 3.17. The van der Waals surface area contributed by atoms with E-state index in [1.165, 1.54) is 23.1 Å². The summed E-state index contributed by atoms with van der Waals surface area (Å²) in [5.41, 5.74) is 0.272. The number of halogens is 4. The second-order valence-corrected chi connectivity index (χ2v) is 5.86. The molecule has 0 N–H and O–H groups in total. The van der Waals surface area contributed by atoms with Crippen molar-refractivity contribution >= 4 is 5.91 Å². The highest BCUT2D eigenvalue weighted by atomic mass is 19.4. The first-order valence-electron chi connectivity index (χ1n) is 7.62. The van der Waals surface area contributed by atoms with Crippen LogP contribution in [-0.2, 0) is 0 Å². The van der Waals surface area contributed by atoms with Crippen LogP contribution in [-0.4, -0.2) is 54.6 Å². The Bertz CT molecular complexity index is 547. The van der Waals surface area contributed by atoms with Crippen LogP contribution in [0, 0.1) is 11.7 Å². The van der Waals surface area contributed by atoms with Crippen molar-refractivity contribution in [1.29, 1.82) is 0 Å². The molecule has 23 heavy (non-hydrogen) atoms. The molecule has 0 aromatic heterocycles. The third kappa shape index (κ3) is 5.20. The van der Waals surface area contributed by atoms with Gasteiger partial charge >= 0.3 is 6.18 Å². The molecule has 1 aromatic carbocycles. The van der Waals surface area contributed by atoms with Gasteiger partial charge in [0.2, 0.25) is 0 Å². The number of nitrogens with zero attached hydrogens (tertiary/aromatic N) is 2. The molecule has 0 radical (unpaired) electrons. The number of amides is 1. The van der Waals surface area contributed by atoms with Crippen LogP contribution in [0.3, 0.4) is 0 Å². The molecule has 0 bridgehead atoms. The van der Waals surface area contributed by atoms with Crippen LogP contribution in [0.4, 0.5) is 17.6 Å². The maximum Gasteiger partial charge on any atom is 0.401 e. The maximum atomic E-state index is 13.2. The molecule has 2 rings (SSSR count). The fourth-order valence-electron chi connectivity index (χ4n) is 2.89. The topological polar surface area (TPSA) is 23.6 Å². The van der Waals surface area contributed by atoms with Crippen LogP contribution in [0.15, 0.2) is 24.3 Å². The Morgan fingerprint density at radius 3 is 2.74 bits per heavy atom. The first-order chi connectivity index (χ1) is 10.8. The second kappa shape index (κ2) is 7.29. The summed E-state index contributed by atoms with van der Waals surface area (Å²) < 4.78 is 50.6. The molecule has 3 nitrogen and oxygen atoms in total. The molecule has 1 saturated heterocycles. The average molecular weight is 332 g/mol. The summed E-state index contributed by atoms with van der Waals surface area (Å²) in [5, 5.41) is 0. The largest absolute Gasteiger partial charge is 0.401 e. The number of benzene rings is 1. The Balaban J connectivity index is 1.91. The summed E-state index contributed by atoms with van der Waals surface area (Å²) in [6.07, 6.45) is -3.55. The lowest BCUT2D eigenvalue weighted by Gasteiger charge is -2.25. The second-order valence-electron chi connectivity index (χ2n) is 5.86. The van der Waals surface area contributed by atoms with Gasteiger partial charge in [-0.25, -0.2) is 4.39 Å². The lowest BCUT2D eigenvalue weighted by molar-refractivity contribution is -0.146. The minimum atomic E-state index is -4.22. The number of likely N-dealkylation sites (tertiary alicyclic amines) is 1. The quantitative estimate of drug-likeness (QED) is 0.773. The van der Waals surface area contributed by atoms with E-state index in [0.29, 0.717) is 32.6 Å². The van der Waals surface area contributed by atoms with Gasteiger partial charge in [-0.1, -0.05) is 13.0 Å². The third-order valence-corrected chi connectivity index (χ3v) is 4.01. The number of carbonyl (C=O) groups is 1. The summed E-state index contributed by atoms with van der Waals surface area (Å²) >= 11 is 0. The minimum absolute atomic E-state index is 0.00908. The number of rotatable bonds is 5. The Hall–Kier alpha value is -1.63. The van der Waals surface area contributed by atoms with Crippen molar-refractivity contribution in [2.24, 2.45) is 5.92 Å². The molecule has 0 saturated carbocycles. The van der Waals surface area contributed by atoms with E-state index in [-0.39, 0.29) is 17.4 Å². The van der Waals surface area contributed by atoms with Crippen LogP contribution in [0.5, 0.6) is 0 Å². The summed E-state index contributed by atoms with van der Waals surface area (Å²) in [5.74, 6) is -0.741. The third-order valence-electron chi connectivity index (χ3n) is 4.01. The molecule has 7 heteroatoms. The van der Waals surface area contributed by atoms with Crippen LogP contribution in [0.1, 0.15) is 23.7 Å². The summed E-state index contributed by atoms with van der Waals surface area (Å²) in [4.78, 5) is 15.2. The van der Waals surface area contributed by atoms with Crippen molar-refractivity contribution in [2.45, 2.75) is 19.5 Å². The van der Waals surface area contributed by atoms with Gasteiger partial charge in [-0.3, -0.25) is 9.69 Å². The van der Waals surface area contributed by atoms with Gasteiger partial charge < -0.3 is 4.90 Å². The first-order valence-corrected chi connectivity index (χ1v) is 7.62. The van der Waals surface area contributed by atoms with E-state index in [1.54, 1.807) is 17.9 Å². The number of hydrogen-bond donors (Lipinski definition) is 0. The molecular weight excluding hydrogens is 312 g/mol. The molecule has 0 spiro atoms. The number of alkyl halides is 3. The van der Waals surface area contributed by atoms with Gasteiger partial charge in [0.25, 0.3) is 5.91 Å². The fourth-order valence-corrected chi connectivity index (χ4v) is 2.89. The molecule has 1 fully saturated rings. The zero-order valence-electron chi connectivity index (χ0n) is 12.9. The zero-order valence-corrected chi connectivity index (χ0v) is 12.9. The molecule has 1 aliphatic heterocycles. The van der Waals surface area contributed by atoms with Gasteiger partial charge in [-0.2, -0.15) is 13.2 Å². The summed E-state index contributed by atoms with van der Waals surface area (Å²) in [6, 6.07) is 5.45. The standard InChI is InChI=1S/C16H20F4N2O/c1-2-21(11-16(18,19)20)9-12-6-7-22(10-12)15(23)13-4-3-5-14(17)8-13/h3-5,8,12H,2,6-7,9-11H2,1H3/t12-/m0/s1. The Labute approximate surface area is 132 Å². The van der Waals surface area contributed by atoms with Crippen LogP contribution in [0.25, 0.3) is 0 Å². The molecule has 1 aromatic rings. The van der Waals surface area contributed by atoms with Crippen molar-refractivity contribution in [3.63, 3.8) is 0 Å². The molecule has 0 aliphatic carbocycles. The lowest BCUT2D eigenvalue weighted by Crippen LogP contribution is -2.38. The highest BCUT2D eigenvalue weighted by Gasteiger charge is 2.33. The normalized spacial score (nSPS) is 18.7.